The van der Waals surface area contributed by atoms with Gasteiger partial charge in [0, 0.05) is 25.0 Å². The van der Waals surface area contributed by atoms with Gasteiger partial charge >= 0.3 is 12.6 Å². The SMILES string of the molecule is Cc1cccnc1CN(c1ccc2c(c1)C(=O)N(CC(=O)O[C@@H](Cc1c(Cl)cncc1Cl)c1ccc(OC(F)F)c(OCC3CC3)c1)C2=O)S(C)(=O)=O. The van der Waals surface area contributed by atoms with E-state index in [0.29, 0.717) is 21.7 Å². The van der Waals surface area contributed by atoms with Gasteiger partial charge in [-0.25, -0.2) is 8.42 Å². The number of aryl methyl sites for hydroxylation is 1. The Kier molecular flexibility index (Phi) is 11.2. The van der Waals surface area contributed by atoms with Crippen LogP contribution in [0.3, 0.4) is 0 Å². The number of hydrogen-bond donors (Lipinski definition) is 0. The maximum atomic E-state index is 13.6. The van der Waals surface area contributed by atoms with Crippen LogP contribution >= 0.6 is 23.2 Å². The van der Waals surface area contributed by atoms with Gasteiger partial charge in [-0.1, -0.05) is 35.3 Å². The van der Waals surface area contributed by atoms with E-state index in [0.717, 1.165) is 29.0 Å². The molecule has 0 saturated heterocycles. The molecule has 53 heavy (non-hydrogen) atoms. The number of rotatable bonds is 15. The maximum Gasteiger partial charge on any atom is 0.387 e. The van der Waals surface area contributed by atoms with Crippen molar-refractivity contribution in [2.45, 2.75) is 45.4 Å². The Morgan fingerprint density at radius 3 is 2.40 bits per heavy atom. The van der Waals surface area contributed by atoms with E-state index >= 15 is 0 Å². The van der Waals surface area contributed by atoms with Crippen LogP contribution in [0, 0.1) is 12.8 Å². The predicted octanol–water partition coefficient (Wildman–Crippen LogP) is 6.57. The highest BCUT2D eigenvalue weighted by molar-refractivity contribution is 7.92. The van der Waals surface area contributed by atoms with Gasteiger partial charge in [0.25, 0.3) is 11.8 Å². The molecule has 0 radical (unpaired) electrons. The molecule has 17 heteroatoms. The Bertz CT molecular complexity index is 2170. The van der Waals surface area contributed by atoms with E-state index in [1.807, 2.05) is 0 Å². The van der Waals surface area contributed by atoms with Crippen molar-refractivity contribution in [3.63, 3.8) is 0 Å². The summed E-state index contributed by atoms with van der Waals surface area (Å²) in [7, 11) is -3.87. The van der Waals surface area contributed by atoms with Crippen LogP contribution in [0.4, 0.5) is 14.5 Å². The first-order valence-corrected chi connectivity index (χ1v) is 18.9. The van der Waals surface area contributed by atoms with Gasteiger partial charge in [-0.3, -0.25) is 33.6 Å². The molecule has 12 nitrogen and oxygen atoms in total. The number of esters is 1. The van der Waals surface area contributed by atoms with Gasteiger partial charge in [0.05, 0.1) is 52.0 Å². The number of anilines is 1. The molecule has 278 valence electrons. The number of carbonyl (C=O) groups excluding carboxylic acids is 3. The Hall–Kier alpha value is -4.86. The van der Waals surface area contributed by atoms with Crippen LogP contribution in [0.25, 0.3) is 0 Å². The number of aromatic nitrogens is 2. The first-order chi connectivity index (χ1) is 25.2. The third-order valence-electron chi connectivity index (χ3n) is 8.68. The maximum absolute atomic E-state index is 13.6. The zero-order chi connectivity index (χ0) is 38.0. The Balaban J connectivity index is 1.25. The molecule has 1 fully saturated rings. The lowest BCUT2D eigenvalue weighted by Crippen LogP contribution is -2.36. The summed E-state index contributed by atoms with van der Waals surface area (Å²) in [6.07, 6.45) is 5.84. The first-order valence-electron chi connectivity index (χ1n) is 16.3. The van der Waals surface area contributed by atoms with Crippen LogP contribution in [0.15, 0.2) is 67.1 Å². The molecule has 0 N–H and O–H groups in total. The molecule has 0 bridgehead atoms. The molecular formula is C36H32Cl2F2N4O8S. The summed E-state index contributed by atoms with van der Waals surface area (Å²) in [6.45, 7) is -2.01. The number of alkyl halides is 2. The minimum Gasteiger partial charge on any atom is -0.489 e. The number of nitrogens with zero attached hydrogens (tertiary/aromatic N) is 4. The molecule has 3 heterocycles. The van der Waals surface area contributed by atoms with Gasteiger partial charge in [-0.15, -0.1) is 0 Å². The number of pyridine rings is 2. The lowest BCUT2D eigenvalue weighted by atomic mass is 10.0. The van der Waals surface area contributed by atoms with Crippen LogP contribution in [-0.2, 0) is 32.5 Å². The van der Waals surface area contributed by atoms with Gasteiger partial charge in [0.1, 0.15) is 12.6 Å². The van der Waals surface area contributed by atoms with Gasteiger partial charge in [0.15, 0.2) is 11.5 Å². The highest BCUT2D eigenvalue weighted by Crippen LogP contribution is 2.38. The van der Waals surface area contributed by atoms with Crippen molar-refractivity contribution < 1.29 is 45.8 Å². The van der Waals surface area contributed by atoms with Gasteiger partial charge in [-0.2, -0.15) is 8.78 Å². The molecule has 2 aromatic heterocycles. The van der Waals surface area contributed by atoms with Gasteiger partial charge in [-0.05, 0) is 78.8 Å². The molecule has 4 aromatic rings. The standard InChI is InChI=1S/C36H32Cl2F2N4O8S/c1-20-4-3-11-42-29(20)17-44(53(2,48)49)23-8-9-24-25(13-23)35(47)43(34(24)46)18-33(45)51-31(14-26-27(37)15-41-16-28(26)38)22-7-10-30(52-36(39)40)32(12-22)50-19-21-5-6-21/h3-4,7-13,15-16,21,31,36H,5-6,14,17-19H2,1-2H3/t31-/m0/s1. The summed E-state index contributed by atoms with van der Waals surface area (Å²) in [6, 6.07) is 11.6. The number of carbonyl (C=O) groups is 3. The number of imide groups is 1. The highest BCUT2D eigenvalue weighted by atomic mass is 35.5. The van der Waals surface area contributed by atoms with Crippen LogP contribution in [0.1, 0.15) is 62.0 Å². The van der Waals surface area contributed by atoms with E-state index < -0.39 is 47.1 Å². The summed E-state index contributed by atoms with van der Waals surface area (Å²) in [5.74, 6) is -2.57. The van der Waals surface area contributed by atoms with Gasteiger partial charge in [0.2, 0.25) is 10.0 Å². The lowest BCUT2D eigenvalue weighted by Gasteiger charge is -2.23. The number of halogens is 4. The van der Waals surface area contributed by atoms with Crippen LogP contribution in [-0.4, -0.2) is 67.1 Å². The number of ether oxygens (including phenoxy) is 3. The molecule has 0 unspecified atom stereocenters. The average molecular weight is 790 g/mol. The second kappa shape index (κ2) is 15.6. The Labute approximate surface area is 313 Å². The van der Waals surface area contributed by atoms with Crippen molar-refractivity contribution in [1.29, 1.82) is 0 Å². The molecule has 2 aliphatic rings. The highest BCUT2D eigenvalue weighted by Gasteiger charge is 2.38. The molecule has 1 aliphatic heterocycles. The minimum atomic E-state index is -3.87. The zero-order valence-corrected chi connectivity index (χ0v) is 30.6. The van der Waals surface area contributed by atoms with E-state index in [1.54, 1.807) is 19.1 Å². The van der Waals surface area contributed by atoms with E-state index in [9.17, 15) is 31.6 Å². The Morgan fingerprint density at radius 1 is 1.02 bits per heavy atom. The quantitative estimate of drug-likeness (QED) is 0.0958. The van der Waals surface area contributed by atoms with E-state index in [2.05, 4.69) is 14.7 Å². The topological polar surface area (TPSA) is 145 Å². The number of sulfonamides is 1. The predicted molar refractivity (Wildman–Crippen MR) is 190 cm³/mol. The van der Waals surface area contributed by atoms with Crippen LogP contribution < -0.4 is 13.8 Å². The van der Waals surface area contributed by atoms with Gasteiger partial charge < -0.3 is 14.2 Å². The summed E-state index contributed by atoms with van der Waals surface area (Å²) in [5.41, 5.74) is 1.88. The summed E-state index contributed by atoms with van der Waals surface area (Å²) in [4.78, 5) is 49.5. The largest absolute Gasteiger partial charge is 0.489 e. The van der Waals surface area contributed by atoms with Crippen molar-refractivity contribution in [2.75, 3.05) is 23.7 Å². The molecule has 2 amide bonds. The van der Waals surface area contributed by atoms with Crippen molar-refractivity contribution in [2.24, 2.45) is 5.92 Å². The zero-order valence-electron chi connectivity index (χ0n) is 28.3. The summed E-state index contributed by atoms with van der Waals surface area (Å²) >= 11 is 12.8. The number of fused-ring (bicyclic) bond motifs is 1. The third kappa shape index (κ3) is 8.86. The molecule has 1 atom stereocenters. The monoisotopic (exact) mass is 788 g/mol. The molecule has 2 aromatic carbocycles. The summed E-state index contributed by atoms with van der Waals surface area (Å²) < 4.78 is 69.5. The van der Waals surface area contributed by atoms with Crippen LogP contribution in [0.5, 0.6) is 11.5 Å². The van der Waals surface area contributed by atoms with Crippen molar-refractivity contribution in [3.05, 3.63) is 111 Å². The normalized spacial score (nSPS) is 14.7. The second-order valence-corrected chi connectivity index (χ2v) is 15.3. The number of hydrogen-bond acceptors (Lipinski definition) is 10. The molecule has 0 spiro atoms. The number of benzene rings is 2. The lowest BCUT2D eigenvalue weighted by molar-refractivity contribution is -0.149. The fraction of sp³-hybridized carbons (Fsp3) is 0.306. The third-order valence-corrected chi connectivity index (χ3v) is 10.5. The second-order valence-electron chi connectivity index (χ2n) is 12.6. The van der Waals surface area contributed by atoms with Crippen molar-refractivity contribution >= 4 is 56.7 Å². The van der Waals surface area contributed by atoms with E-state index in [-0.39, 0.29) is 63.8 Å². The summed E-state index contributed by atoms with van der Waals surface area (Å²) in [5, 5.41) is 0.331. The Morgan fingerprint density at radius 2 is 1.74 bits per heavy atom. The fourth-order valence-electron chi connectivity index (χ4n) is 5.69. The molecule has 6 rings (SSSR count). The van der Waals surface area contributed by atoms with E-state index in [4.69, 9.17) is 32.7 Å². The smallest absolute Gasteiger partial charge is 0.387 e. The van der Waals surface area contributed by atoms with Crippen LogP contribution in [0.2, 0.25) is 10.0 Å². The van der Waals surface area contributed by atoms with E-state index in [1.165, 1.54) is 55.0 Å². The van der Waals surface area contributed by atoms with Crippen molar-refractivity contribution in [3.8, 4) is 11.5 Å². The first kappa shape index (κ1) is 37.9. The average Bonchev–Trinajstić information content (AvgIpc) is 3.91. The molecule has 1 aliphatic carbocycles. The number of amides is 2. The molecular weight excluding hydrogens is 757 g/mol. The fourth-order valence-corrected chi connectivity index (χ4v) is 7.06. The molecule has 1 saturated carbocycles. The minimum absolute atomic E-state index is 0.000155. The van der Waals surface area contributed by atoms with Crippen molar-refractivity contribution in [1.82, 2.24) is 14.9 Å².